The molecule has 6 rings (SSSR count). The van der Waals surface area contributed by atoms with Crippen LogP contribution in [0.15, 0.2) is 77.6 Å². The van der Waals surface area contributed by atoms with Crippen LogP contribution in [0, 0.1) is 19.7 Å². The summed E-state index contributed by atoms with van der Waals surface area (Å²) in [5.41, 5.74) is 5.11. The number of anilines is 1. The SMILES string of the molecule is Cc1ccc2cc([C@H](c3nnnn3Cc3ccccc3)N3CCN(c4ccccc4F)CC3)c(=O)[nH]c2c1C. The van der Waals surface area contributed by atoms with Crippen LogP contribution in [0.3, 0.4) is 0 Å². The van der Waals surface area contributed by atoms with Crippen molar-refractivity contribution in [1.29, 1.82) is 0 Å². The Morgan fingerprint density at radius 3 is 2.46 bits per heavy atom. The van der Waals surface area contributed by atoms with Crippen LogP contribution >= 0.6 is 0 Å². The van der Waals surface area contributed by atoms with Crippen molar-refractivity contribution < 1.29 is 4.39 Å². The number of aryl methyl sites for hydroxylation is 2. The van der Waals surface area contributed by atoms with Gasteiger partial charge >= 0.3 is 0 Å². The third kappa shape index (κ3) is 4.81. The van der Waals surface area contributed by atoms with Crippen LogP contribution in [0.25, 0.3) is 10.9 Å². The van der Waals surface area contributed by atoms with Crippen molar-refractivity contribution in [2.24, 2.45) is 0 Å². The molecule has 0 aliphatic carbocycles. The largest absolute Gasteiger partial charge is 0.367 e. The summed E-state index contributed by atoms with van der Waals surface area (Å²) in [6.07, 6.45) is 0. The van der Waals surface area contributed by atoms with Gasteiger partial charge in [-0.05, 0) is 64.5 Å². The lowest BCUT2D eigenvalue weighted by atomic mass is 9.99. The van der Waals surface area contributed by atoms with Crippen LogP contribution in [0.4, 0.5) is 10.1 Å². The van der Waals surface area contributed by atoms with E-state index >= 15 is 0 Å². The van der Waals surface area contributed by atoms with Gasteiger partial charge in [-0.2, -0.15) is 0 Å². The summed E-state index contributed by atoms with van der Waals surface area (Å²) in [5, 5.41) is 13.7. The van der Waals surface area contributed by atoms with E-state index in [2.05, 4.69) is 31.5 Å². The molecule has 3 heterocycles. The first-order valence-electron chi connectivity index (χ1n) is 13.2. The number of tetrazole rings is 1. The Bertz CT molecular complexity index is 1670. The van der Waals surface area contributed by atoms with E-state index < -0.39 is 6.04 Å². The quantitative estimate of drug-likeness (QED) is 0.359. The molecule has 0 spiro atoms. The van der Waals surface area contributed by atoms with Gasteiger partial charge in [0.2, 0.25) is 0 Å². The minimum Gasteiger partial charge on any atom is -0.367 e. The van der Waals surface area contributed by atoms with Crippen molar-refractivity contribution in [3.63, 3.8) is 0 Å². The van der Waals surface area contributed by atoms with Gasteiger partial charge in [0.05, 0.1) is 17.7 Å². The summed E-state index contributed by atoms with van der Waals surface area (Å²) >= 11 is 0. The number of aromatic nitrogens is 5. The molecule has 1 N–H and O–H groups in total. The van der Waals surface area contributed by atoms with E-state index in [1.807, 2.05) is 67.3 Å². The maximum Gasteiger partial charge on any atom is 0.253 e. The summed E-state index contributed by atoms with van der Waals surface area (Å²) < 4.78 is 16.3. The Hall–Kier alpha value is -4.37. The monoisotopic (exact) mass is 523 g/mol. The Morgan fingerprint density at radius 1 is 0.949 bits per heavy atom. The first-order valence-corrected chi connectivity index (χ1v) is 13.2. The molecule has 0 amide bonds. The third-order valence-electron chi connectivity index (χ3n) is 7.73. The predicted octanol–water partition coefficient (Wildman–Crippen LogP) is 4.23. The van der Waals surface area contributed by atoms with Gasteiger partial charge in [-0.15, -0.1) is 5.10 Å². The molecule has 0 saturated carbocycles. The Balaban J connectivity index is 1.41. The van der Waals surface area contributed by atoms with E-state index in [9.17, 15) is 9.18 Å². The van der Waals surface area contributed by atoms with Gasteiger partial charge < -0.3 is 9.88 Å². The number of para-hydroxylation sites is 1. The number of rotatable bonds is 6. The zero-order valence-electron chi connectivity index (χ0n) is 22.0. The second-order valence-corrected chi connectivity index (χ2v) is 10.1. The van der Waals surface area contributed by atoms with Gasteiger partial charge in [0.15, 0.2) is 5.82 Å². The minimum absolute atomic E-state index is 0.160. The molecule has 198 valence electrons. The highest BCUT2D eigenvalue weighted by Gasteiger charge is 2.33. The van der Waals surface area contributed by atoms with Gasteiger partial charge in [-0.1, -0.05) is 54.6 Å². The van der Waals surface area contributed by atoms with Crippen molar-refractivity contribution in [1.82, 2.24) is 30.1 Å². The smallest absolute Gasteiger partial charge is 0.253 e. The van der Waals surface area contributed by atoms with Gasteiger partial charge in [0.25, 0.3) is 5.56 Å². The first kappa shape index (κ1) is 24.9. The van der Waals surface area contributed by atoms with Crippen molar-refractivity contribution in [2.75, 3.05) is 31.1 Å². The van der Waals surface area contributed by atoms with E-state index in [1.54, 1.807) is 16.8 Å². The third-order valence-corrected chi connectivity index (χ3v) is 7.73. The topological polar surface area (TPSA) is 82.9 Å². The summed E-state index contributed by atoms with van der Waals surface area (Å²) in [6, 6.07) is 22.5. The summed E-state index contributed by atoms with van der Waals surface area (Å²) in [4.78, 5) is 21.1. The Morgan fingerprint density at radius 2 is 1.69 bits per heavy atom. The molecule has 39 heavy (non-hydrogen) atoms. The van der Waals surface area contributed by atoms with Gasteiger partial charge in [-0.25, -0.2) is 9.07 Å². The highest BCUT2D eigenvalue weighted by Crippen LogP contribution is 2.30. The number of nitrogens with zero attached hydrogens (tertiary/aromatic N) is 6. The zero-order chi connectivity index (χ0) is 26.9. The van der Waals surface area contributed by atoms with Crippen LogP contribution in [0.5, 0.6) is 0 Å². The molecule has 0 unspecified atom stereocenters. The highest BCUT2D eigenvalue weighted by atomic mass is 19.1. The van der Waals surface area contributed by atoms with Crippen LogP contribution < -0.4 is 10.5 Å². The van der Waals surface area contributed by atoms with Crippen LogP contribution in [-0.4, -0.2) is 56.3 Å². The van der Waals surface area contributed by atoms with Gasteiger partial charge in [0, 0.05) is 31.7 Å². The molecular weight excluding hydrogens is 493 g/mol. The van der Waals surface area contributed by atoms with Crippen molar-refractivity contribution in [2.45, 2.75) is 26.4 Å². The number of benzene rings is 3. The van der Waals surface area contributed by atoms with Crippen molar-refractivity contribution >= 4 is 16.6 Å². The molecule has 8 nitrogen and oxygen atoms in total. The fraction of sp³-hybridized carbons (Fsp3) is 0.267. The normalized spacial score (nSPS) is 15.1. The molecule has 1 aliphatic heterocycles. The highest BCUT2D eigenvalue weighted by molar-refractivity contribution is 5.83. The summed E-state index contributed by atoms with van der Waals surface area (Å²) in [7, 11) is 0. The molecular formula is C30H30FN7O. The van der Waals surface area contributed by atoms with Crippen molar-refractivity contribution in [3.8, 4) is 0 Å². The standard InChI is InChI=1S/C30H30FN7O/c1-20-12-13-23-18-24(30(39)32-27(23)21(20)2)28(29-33-34-35-38(29)19-22-8-4-3-5-9-22)37-16-14-36(15-17-37)26-11-7-6-10-25(26)31/h3-13,18,28H,14-17,19H2,1-2H3,(H,32,39)/t28-/m1/s1. The summed E-state index contributed by atoms with van der Waals surface area (Å²) in [5.74, 6) is 0.373. The van der Waals surface area contributed by atoms with E-state index in [4.69, 9.17) is 0 Å². The maximum absolute atomic E-state index is 14.5. The first-order chi connectivity index (χ1) is 19.0. The van der Waals surface area contributed by atoms with E-state index in [-0.39, 0.29) is 11.4 Å². The summed E-state index contributed by atoms with van der Waals surface area (Å²) in [6.45, 7) is 6.99. The number of fused-ring (bicyclic) bond motifs is 1. The zero-order valence-corrected chi connectivity index (χ0v) is 22.0. The Labute approximate surface area is 225 Å². The number of H-pyrrole nitrogens is 1. The second kappa shape index (κ2) is 10.4. The lowest BCUT2D eigenvalue weighted by Gasteiger charge is -2.39. The number of hydrogen-bond acceptors (Lipinski definition) is 6. The lowest BCUT2D eigenvalue weighted by Crippen LogP contribution is -2.49. The minimum atomic E-state index is -0.471. The van der Waals surface area contributed by atoms with E-state index in [0.29, 0.717) is 49.8 Å². The number of pyridine rings is 1. The molecule has 2 aromatic heterocycles. The van der Waals surface area contributed by atoms with Crippen LogP contribution in [0.1, 0.15) is 34.1 Å². The van der Waals surface area contributed by atoms with Gasteiger partial charge in [-0.3, -0.25) is 9.69 Å². The molecule has 1 aliphatic rings. The number of piperazine rings is 1. The molecule has 9 heteroatoms. The van der Waals surface area contributed by atoms with E-state index in [1.165, 1.54) is 6.07 Å². The van der Waals surface area contributed by atoms with E-state index in [0.717, 1.165) is 27.6 Å². The molecule has 3 aromatic carbocycles. The van der Waals surface area contributed by atoms with Crippen LogP contribution in [-0.2, 0) is 6.54 Å². The second-order valence-electron chi connectivity index (χ2n) is 10.1. The number of nitrogens with one attached hydrogen (secondary N) is 1. The number of hydrogen-bond donors (Lipinski definition) is 1. The molecule has 0 radical (unpaired) electrons. The molecule has 0 bridgehead atoms. The molecule has 1 saturated heterocycles. The maximum atomic E-state index is 14.5. The number of halogens is 1. The predicted molar refractivity (Wildman–Crippen MR) is 149 cm³/mol. The fourth-order valence-corrected chi connectivity index (χ4v) is 5.45. The van der Waals surface area contributed by atoms with Crippen LogP contribution in [0.2, 0.25) is 0 Å². The number of aromatic amines is 1. The average molecular weight is 524 g/mol. The molecule has 1 fully saturated rings. The fourth-order valence-electron chi connectivity index (χ4n) is 5.45. The molecule has 5 aromatic rings. The van der Waals surface area contributed by atoms with Crippen molar-refractivity contribution in [3.05, 3.63) is 117 Å². The average Bonchev–Trinajstić information content (AvgIpc) is 3.40. The molecule has 1 atom stereocenters. The van der Waals surface area contributed by atoms with Gasteiger partial charge in [0.1, 0.15) is 11.9 Å². The Kier molecular flexibility index (Phi) is 6.66. The lowest BCUT2D eigenvalue weighted by molar-refractivity contribution is 0.200.